The molecule has 0 amide bonds. The van der Waals surface area contributed by atoms with Gasteiger partial charge in [0.05, 0.1) is 0 Å². The number of likely N-dealkylation sites (N-methyl/N-ethyl adjacent to an activating group) is 1. The normalized spacial score (nSPS) is 21.5. The van der Waals surface area contributed by atoms with E-state index in [4.69, 9.17) is 0 Å². The number of halogens is 2. The number of hydrogen-bond donors (Lipinski definition) is 1. The molecule has 0 radical (unpaired) electrons. The number of aromatic nitrogens is 1. The zero-order valence-corrected chi connectivity index (χ0v) is 9.63. The van der Waals surface area contributed by atoms with Crippen LogP contribution >= 0.6 is 0 Å². The summed E-state index contributed by atoms with van der Waals surface area (Å²) in [5, 5.41) is 0.422. The van der Waals surface area contributed by atoms with Gasteiger partial charge in [0, 0.05) is 29.6 Å². The van der Waals surface area contributed by atoms with E-state index in [1.165, 1.54) is 6.07 Å². The summed E-state index contributed by atoms with van der Waals surface area (Å²) in [6.07, 6.45) is 2.82. The minimum Gasteiger partial charge on any atom is -0.361 e. The van der Waals surface area contributed by atoms with Gasteiger partial charge in [-0.15, -0.1) is 0 Å². The van der Waals surface area contributed by atoms with E-state index in [9.17, 15) is 8.78 Å². The third-order valence-electron chi connectivity index (χ3n) is 3.60. The smallest absolute Gasteiger partial charge is 0.168 e. The van der Waals surface area contributed by atoms with Crippen molar-refractivity contribution in [3.63, 3.8) is 0 Å². The Kier molecular flexibility index (Phi) is 2.40. The molecule has 4 heteroatoms. The van der Waals surface area contributed by atoms with Gasteiger partial charge in [-0.2, -0.15) is 0 Å². The summed E-state index contributed by atoms with van der Waals surface area (Å²) in [4.78, 5) is 5.23. The number of hydrogen-bond acceptors (Lipinski definition) is 1. The van der Waals surface area contributed by atoms with Crippen molar-refractivity contribution in [2.24, 2.45) is 0 Å². The molecule has 2 nitrogen and oxygen atoms in total. The Morgan fingerprint density at radius 1 is 1.35 bits per heavy atom. The quantitative estimate of drug-likeness (QED) is 0.806. The van der Waals surface area contributed by atoms with Gasteiger partial charge in [0.1, 0.15) is 0 Å². The third-order valence-corrected chi connectivity index (χ3v) is 3.60. The second-order valence-corrected chi connectivity index (χ2v) is 4.78. The predicted molar refractivity (Wildman–Crippen MR) is 63.1 cm³/mol. The van der Waals surface area contributed by atoms with Crippen LogP contribution in [0.3, 0.4) is 0 Å². The molecule has 1 atom stereocenters. The Labute approximate surface area is 98.2 Å². The summed E-state index contributed by atoms with van der Waals surface area (Å²) >= 11 is 0. The minimum absolute atomic E-state index is 0.296. The van der Waals surface area contributed by atoms with E-state index in [-0.39, 0.29) is 0 Å². The molecule has 3 rings (SSSR count). The lowest BCUT2D eigenvalue weighted by Gasteiger charge is -2.09. The van der Waals surface area contributed by atoms with Gasteiger partial charge in [0.25, 0.3) is 0 Å². The largest absolute Gasteiger partial charge is 0.361 e. The monoisotopic (exact) mass is 236 g/mol. The van der Waals surface area contributed by atoms with E-state index in [0.29, 0.717) is 16.8 Å². The van der Waals surface area contributed by atoms with Crippen LogP contribution in [0, 0.1) is 11.6 Å². The van der Waals surface area contributed by atoms with Gasteiger partial charge in [0.15, 0.2) is 11.6 Å². The molecule has 1 saturated heterocycles. The average Bonchev–Trinajstić information content (AvgIpc) is 2.89. The number of likely N-dealkylation sites (tertiary alicyclic amines) is 1. The first kappa shape index (κ1) is 10.7. The molecule has 0 bridgehead atoms. The summed E-state index contributed by atoms with van der Waals surface area (Å²) in [7, 11) is 2.05. The highest BCUT2D eigenvalue weighted by atomic mass is 19.2. The summed E-state index contributed by atoms with van der Waals surface area (Å²) < 4.78 is 27.1. The molecule has 2 heterocycles. The molecule has 17 heavy (non-hydrogen) atoms. The Bertz CT molecular complexity index is 562. The van der Waals surface area contributed by atoms with Gasteiger partial charge >= 0.3 is 0 Å². The van der Waals surface area contributed by atoms with Crippen LogP contribution in [0.15, 0.2) is 18.3 Å². The molecular weight excluding hydrogens is 222 g/mol. The van der Waals surface area contributed by atoms with Gasteiger partial charge < -0.3 is 9.88 Å². The van der Waals surface area contributed by atoms with Crippen molar-refractivity contribution >= 4 is 10.9 Å². The Hall–Kier alpha value is -1.42. The highest BCUT2D eigenvalue weighted by molar-refractivity contribution is 5.84. The van der Waals surface area contributed by atoms with Crippen LogP contribution in [0.5, 0.6) is 0 Å². The van der Waals surface area contributed by atoms with Crippen LogP contribution in [0.1, 0.15) is 17.9 Å². The zero-order chi connectivity index (χ0) is 12.0. The summed E-state index contributed by atoms with van der Waals surface area (Å²) in [5.41, 5.74) is 1.58. The SMILES string of the molecule is CN1CCC(c2c[nH]c3ccc(F)c(F)c23)C1. The molecule has 2 aromatic rings. The second kappa shape index (κ2) is 3.81. The van der Waals surface area contributed by atoms with Gasteiger partial charge in [-0.05, 0) is 37.7 Å². The molecule has 1 aromatic carbocycles. The fraction of sp³-hybridized carbons (Fsp3) is 0.385. The van der Waals surface area contributed by atoms with Crippen LogP contribution in [0.2, 0.25) is 0 Å². The summed E-state index contributed by atoms with van der Waals surface area (Å²) in [5.74, 6) is -1.21. The van der Waals surface area contributed by atoms with Crippen molar-refractivity contribution in [1.29, 1.82) is 0 Å². The van der Waals surface area contributed by atoms with Gasteiger partial charge in [0.2, 0.25) is 0 Å². The van der Waals surface area contributed by atoms with Gasteiger partial charge in [-0.1, -0.05) is 0 Å². The average molecular weight is 236 g/mol. The number of nitrogens with one attached hydrogen (secondary N) is 1. The van der Waals surface area contributed by atoms with Gasteiger partial charge in [-0.3, -0.25) is 0 Å². The zero-order valence-electron chi connectivity index (χ0n) is 9.63. The lowest BCUT2D eigenvalue weighted by atomic mass is 9.97. The highest BCUT2D eigenvalue weighted by Crippen LogP contribution is 2.33. The van der Waals surface area contributed by atoms with E-state index >= 15 is 0 Å². The lowest BCUT2D eigenvalue weighted by Crippen LogP contribution is -2.13. The molecule has 1 aromatic heterocycles. The molecular formula is C13H14F2N2. The maximum Gasteiger partial charge on any atom is 0.168 e. The van der Waals surface area contributed by atoms with Crippen molar-refractivity contribution in [2.75, 3.05) is 20.1 Å². The fourth-order valence-electron chi connectivity index (χ4n) is 2.69. The molecule has 90 valence electrons. The molecule has 0 saturated carbocycles. The maximum atomic E-state index is 13.8. The Morgan fingerprint density at radius 3 is 2.88 bits per heavy atom. The molecule has 1 aliphatic rings. The number of aromatic amines is 1. The van der Waals surface area contributed by atoms with Crippen molar-refractivity contribution < 1.29 is 8.78 Å². The van der Waals surface area contributed by atoms with Crippen LogP contribution < -0.4 is 0 Å². The van der Waals surface area contributed by atoms with Crippen LogP contribution in [-0.4, -0.2) is 30.0 Å². The van der Waals surface area contributed by atoms with Crippen LogP contribution in [0.4, 0.5) is 8.78 Å². The first-order valence-corrected chi connectivity index (χ1v) is 5.80. The molecule has 0 spiro atoms. The molecule has 1 aliphatic heterocycles. The van der Waals surface area contributed by atoms with Crippen LogP contribution in [0.25, 0.3) is 10.9 Å². The summed E-state index contributed by atoms with van der Waals surface area (Å²) in [6.45, 7) is 1.91. The Morgan fingerprint density at radius 2 is 2.18 bits per heavy atom. The third kappa shape index (κ3) is 1.63. The van der Waals surface area contributed by atoms with E-state index in [2.05, 4.69) is 9.88 Å². The number of H-pyrrole nitrogens is 1. The van der Waals surface area contributed by atoms with Crippen LogP contribution in [-0.2, 0) is 0 Å². The number of fused-ring (bicyclic) bond motifs is 1. The molecule has 0 aliphatic carbocycles. The van der Waals surface area contributed by atoms with E-state index in [1.807, 2.05) is 13.2 Å². The lowest BCUT2D eigenvalue weighted by molar-refractivity contribution is 0.411. The van der Waals surface area contributed by atoms with Crippen molar-refractivity contribution in [3.05, 3.63) is 35.5 Å². The standard InChI is InChI=1S/C13H14F2N2/c1-17-5-4-8(7-17)9-6-16-11-3-2-10(14)13(15)12(9)11/h2-3,6,8,16H,4-5,7H2,1H3. The van der Waals surface area contributed by atoms with E-state index < -0.39 is 11.6 Å². The maximum absolute atomic E-state index is 13.8. The first-order valence-electron chi connectivity index (χ1n) is 5.80. The van der Waals surface area contributed by atoms with Gasteiger partial charge in [-0.25, -0.2) is 8.78 Å². The van der Waals surface area contributed by atoms with Crippen molar-refractivity contribution in [3.8, 4) is 0 Å². The van der Waals surface area contributed by atoms with E-state index in [0.717, 1.165) is 25.1 Å². The molecule has 1 N–H and O–H groups in total. The number of benzene rings is 1. The number of nitrogens with zero attached hydrogens (tertiary/aromatic N) is 1. The fourth-order valence-corrected chi connectivity index (χ4v) is 2.69. The second-order valence-electron chi connectivity index (χ2n) is 4.78. The Balaban J connectivity index is 2.14. The molecule has 1 unspecified atom stereocenters. The van der Waals surface area contributed by atoms with Crippen molar-refractivity contribution in [2.45, 2.75) is 12.3 Å². The predicted octanol–water partition coefficient (Wildman–Crippen LogP) is 2.87. The summed E-state index contributed by atoms with van der Waals surface area (Å²) in [6, 6.07) is 2.76. The van der Waals surface area contributed by atoms with E-state index in [1.54, 1.807) is 6.07 Å². The first-order chi connectivity index (χ1) is 8.16. The minimum atomic E-state index is -0.773. The highest BCUT2D eigenvalue weighted by Gasteiger charge is 2.25. The number of rotatable bonds is 1. The molecule has 1 fully saturated rings. The topological polar surface area (TPSA) is 19.0 Å². The van der Waals surface area contributed by atoms with Crippen molar-refractivity contribution in [1.82, 2.24) is 9.88 Å².